The molecule has 0 aliphatic carbocycles. The molecule has 4 rings (SSSR count). The molecule has 3 amide bonds. The van der Waals surface area contributed by atoms with Gasteiger partial charge in [-0.2, -0.15) is 0 Å². The molecule has 0 spiro atoms. The molecule has 7 heteroatoms. The summed E-state index contributed by atoms with van der Waals surface area (Å²) in [5.74, 6) is -1.63. The third-order valence-electron chi connectivity index (χ3n) is 4.64. The van der Waals surface area contributed by atoms with Crippen LogP contribution in [-0.2, 0) is 22.7 Å². The van der Waals surface area contributed by atoms with Crippen molar-refractivity contribution >= 4 is 17.7 Å². The molecule has 1 fully saturated rings. The maximum Gasteiger partial charge on any atom is 0.255 e. The lowest BCUT2D eigenvalue weighted by Gasteiger charge is -2.29. The number of piperidine rings is 1. The van der Waals surface area contributed by atoms with Crippen LogP contribution in [-0.4, -0.2) is 28.6 Å². The molecule has 1 unspecified atom stereocenters. The number of halogens is 1. The van der Waals surface area contributed by atoms with E-state index in [1.54, 1.807) is 30.3 Å². The van der Waals surface area contributed by atoms with Crippen LogP contribution < -0.4 is 10.1 Å². The van der Waals surface area contributed by atoms with E-state index < -0.39 is 23.7 Å². The first-order valence-electron chi connectivity index (χ1n) is 9.04. The maximum atomic E-state index is 13.3. The fraction of sp³-hybridized carbons (Fsp3) is 0.250. The molecule has 0 saturated carbocycles. The Kier molecular flexibility index (Phi) is 4.04. The van der Waals surface area contributed by atoms with E-state index in [-0.39, 0.29) is 31.8 Å². The van der Waals surface area contributed by atoms with Gasteiger partial charge in [-0.25, -0.2) is 4.39 Å². The first-order valence-corrected chi connectivity index (χ1v) is 8.54. The molecule has 2 heterocycles. The average molecular weight is 369 g/mol. The van der Waals surface area contributed by atoms with Crippen molar-refractivity contribution in [2.75, 3.05) is 0 Å². The number of hydrogen-bond donors (Lipinski definition) is 1. The van der Waals surface area contributed by atoms with Crippen molar-refractivity contribution in [1.82, 2.24) is 10.2 Å². The van der Waals surface area contributed by atoms with E-state index in [9.17, 15) is 18.8 Å². The average Bonchev–Trinajstić information content (AvgIpc) is 3.02. The zero-order valence-electron chi connectivity index (χ0n) is 15.3. The summed E-state index contributed by atoms with van der Waals surface area (Å²) in [6.45, 7) is 0.141. The number of carbonyl (C=O) groups is 3. The van der Waals surface area contributed by atoms with Crippen LogP contribution in [0.5, 0.6) is 5.75 Å². The second kappa shape index (κ2) is 6.83. The van der Waals surface area contributed by atoms with Gasteiger partial charge in [-0.1, -0.05) is 18.2 Å². The van der Waals surface area contributed by atoms with Crippen molar-refractivity contribution < 1.29 is 24.9 Å². The van der Waals surface area contributed by atoms with E-state index in [1.807, 2.05) is 0 Å². The molecule has 2 aliphatic rings. The Morgan fingerprint density at radius 1 is 1.22 bits per heavy atom. The van der Waals surface area contributed by atoms with Gasteiger partial charge in [0.15, 0.2) is 0 Å². The van der Waals surface area contributed by atoms with E-state index in [0.717, 1.165) is 4.90 Å². The number of amides is 3. The van der Waals surface area contributed by atoms with Gasteiger partial charge < -0.3 is 9.64 Å². The summed E-state index contributed by atoms with van der Waals surface area (Å²) < 4.78 is 27.6. The number of fused-ring (bicyclic) bond motifs is 1. The monoisotopic (exact) mass is 369 g/mol. The molecular formula is C20H17FN2O4. The van der Waals surface area contributed by atoms with Gasteiger partial charge in [-0.15, -0.1) is 0 Å². The van der Waals surface area contributed by atoms with Crippen molar-refractivity contribution in [1.29, 1.82) is 0 Å². The predicted molar refractivity (Wildman–Crippen MR) is 93.2 cm³/mol. The zero-order chi connectivity index (χ0) is 19.9. The minimum absolute atomic E-state index is 0.00169. The highest BCUT2D eigenvalue weighted by atomic mass is 19.1. The van der Waals surface area contributed by atoms with E-state index in [4.69, 9.17) is 6.11 Å². The van der Waals surface area contributed by atoms with Crippen molar-refractivity contribution in [2.24, 2.45) is 0 Å². The Morgan fingerprint density at radius 2 is 2.04 bits per heavy atom. The van der Waals surface area contributed by atoms with Crippen molar-refractivity contribution in [3.8, 4) is 5.75 Å². The number of hydrogen-bond acceptors (Lipinski definition) is 4. The van der Waals surface area contributed by atoms with Crippen LogP contribution in [0, 0.1) is 5.82 Å². The van der Waals surface area contributed by atoms with Gasteiger partial charge in [-0.3, -0.25) is 19.7 Å². The Bertz CT molecular complexity index is 996. The summed E-state index contributed by atoms with van der Waals surface area (Å²) in [7, 11) is 0. The fourth-order valence-electron chi connectivity index (χ4n) is 3.31. The van der Waals surface area contributed by atoms with E-state index in [1.165, 1.54) is 12.1 Å². The van der Waals surface area contributed by atoms with Crippen LogP contribution in [0.4, 0.5) is 4.39 Å². The number of benzene rings is 2. The number of ether oxygens (including phenoxy) is 1. The van der Waals surface area contributed by atoms with E-state index >= 15 is 0 Å². The van der Waals surface area contributed by atoms with Gasteiger partial charge in [0, 0.05) is 17.5 Å². The van der Waals surface area contributed by atoms with Gasteiger partial charge in [-0.05, 0) is 36.2 Å². The largest absolute Gasteiger partial charge is 0.489 e. The molecule has 2 aliphatic heterocycles. The Morgan fingerprint density at radius 3 is 2.81 bits per heavy atom. The summed E-state index contributed by atoms with van der Waals surface area (Å²) in [6.07, 6.45) is -0.0603. The van der Waals surface area contributed by atoms with Crippen molar-refractivity contribution in [2.45, 2.75) is 32.0 Å². The molecule has 0 radical (unpaired) electrons. The highest BCUT2D eigenvalue weighted by Gasteiger charge is 2.40. The predicted octanol–water partition coefficient (Wildman–Crippen LogP) is 2.17. The summed E-state index contributed by atoms with van der Waals surface area (Å²) >= 11 is 0. The fourth-order valence-corrected chi connectivity index (χ4v) is 3.31. The Balaban J connectivity index is 1.58. The molecule has 6 nitrogen and oxygen atoms in total. The molecule has 1 atom stereocenters. The van der Waals surface area contributed by atoms with Gasteiger partial charge in [0.25, 0.3) is 5.91 Å². The lowest BCUT2D eigenvalue weighted by molar-refractivity contribution is -0.136. The quantitative estimate of drug-likeness (QED) is 0.838. The lowest BCUT2D eigenvalue weighted by Crippen LogP contribution is -2.52. The number of nitrogens with one attached hydrogen (secondary N) is 1. The lowest BCUT2D eigenvalue weighted by atomic mass is 10.0. The number of imide groups is 1. The third kappa shape index (κ3) is 3.28. The first kappa shape index (κ1) is 16.0. The van der Waals surface area contributed by atoms with Crippen LogP contribution in [0.25, 0.3) is 0 Å². The molecule has 0 bridgehead atoms. The topological polar surface area (TPSA) is 75.7 Å². The van der Waals surface area contributed by atoms with Crippen LogP contribution in [0.15, 0.2) is 42.5 Å². The molecule has 1 N–H and O–H groups in total. The number of rotatable bonds is 4. The zero-order valence-corrected chi connectivity index (χ0v) is 14.3. The van der Waals surface area contributed by atoms with Crippen LogP contribution >= 0.6 is 0 Å². The standard InChI is InChI=1S/C20H17FN2O4/c21-13-4-1-3-12(9-13)11-27-17-6-2-5-14-15(17)10-23(20(14)26)16-7-8-18(24)22-19(16)25/h1-6,9,16H,7-8,10-11H2,(H,22,24,25)/i16D. The molecule has 27 heavy (non-hydrogen) atoms. The second-order valence-corrected chi connectivity index (χ2v) is 6.42. The van der Waals surface area contributed by atoms with Gasteiger partial charge in [0.05, 0.1) is 7.92 Å². The van der Waals surface area contributed by atoms with E-state index in [2.05, 4.69) is 5.32 Å². The smallest absolute Gasteiger partial charge is 0.255 e. The van der Waals surface area contributed by atoms with Crippen molar-refractivity contribution in [3.05, 3.63) is 65.0 Å². The first-order chi connectivity index (χ1) is 13.4. The van der Waals surface area contributed by atoms with Gasteiger partial charge in [0.1, 0.15) is 24.2 Å². The summed E-state index contributed by atoms with van der Waals surface area (Å²) in [6, 6.07) is 9.13. The molecule has 2 aromatic rings. The van der Waals surface area contributed by atoms with Gasteiger partial charge in [0.2, 0.25) is 11.8 Å². The molecular weight excluding hydrogens is 351 g/mol. The minimum Gasteiger partial charge on any atom is -0.489 e. The molecule has 2 aromatic carbocycles. The van der Waals surface area contributed by atoms with Crippen LogP contribution in [0.3, 0.4) is 0 Å². The van der Waals surface area contributed by atoms with E-state index in [0.29, 0.717) is 22.4 Å². The highest BCUT2D eigenvalue weighted by Crippen LogP contribution is 2.33. The molecule has 1 saturated heterocycles. The Hall–Kier alpha value is -3.22. The summed E-state index contributed by atoms with van der Waals surface area (Å²) in [5.41, 5.74) is 1.56. The number of nitrogens with zero attached hydrogens (tertiary/aromatic N) is 1. The SMILES string of the molecule is [2H]C1(N2Cc3c(OCc4cccc(F)c4)cccc3C2=O)CCC(=O)NC1=O. The van der Waals surface area contributed by atoms with Crippen LogP contribution in [0.2, 0.25) is 0 Å². The molecule has 138 valence electrons. The van der Waals surface area contributed by atoms with Crippen LogP contribution in [0.1, 0.15) is 35.7 Å². The summed E-state index contributed by atoms with van der Waals surface area (Å²) in [4.78, 5) is 37.7. The normalized spacial score (nSPS) is 22.3. The molecule has 0 aromatic heterocycles. The maximum absolute atomic E-state index is 13.3. The van der Waals surface area contributed by atoms with Gasteiger partial charge >= 0.3 is 0 Å². The summed E-state index contributed by atoms with van der Waals surface area (Å²) in [5, 5.41) is 2.13. The van der Waals surface area contributed by atoms with Crippen molar-refractivity contribution in [3.63, 3.8) is 0 Å². The number of carbonyl (C=O) groups excluding carboxylic acids is 3. The highest BCUT2D eigenvalue weighted by molar-refractivity contribution is 6.05. The Labute approximate surface area is 156 Å². The third-order valence-corrected chi connectivity index (χ3v) is 4.64. The second-order valence-electron chi connectivity index (χ2n) is 6.42. The minimum atomic E-state index is -1.84.